The average molecular weight is 185 g/mol. The van der Waals surface area contributed by atoms with E-state index in [9.17, 15) is 9.90 Å². The molecule has 0 saturated carbocycles. The Kier molecular flexibility index (Phi) is 2.49. The number of thiophene rings is 1. The van der Waals surface area contributed by atoms with Gasteiger partial charge in [0.1, 0.15) is 5.97 Å². The van der Waals surface area contributed by atoms with Gasteiger partial charge in [0.15, 0.2) is 6.04 Å². The highest BCUT2D eigenvalue weighted by Gasteiger charge is 2.15. The first-order valence-corrected chi connectivity index (χ1v) is 4.45. The summed E-state index contributed by atoms with van der Waals surface area (Å²) in [6.45, 7) is 3.84. The molecular weight excluding hydrogens is 174 g/mol. The lowest BCUT2D eigenvalue weighted by molar-refractivity contribution is -0.443. The predicted molar refractivity (Wildman–Crippen MR) is 44.4 cm³/mol. The van der Waals surface area contributed by atoms with Crippen molar-refractivity contribution in [2.24, 2.45) is 0 Å². The van der Waals surface area contributed by atoms with Gasteiger partial charge in [-0.05, 0) is 19.9 Å². The molecule has 1 rings (SSSR count). The van der Waals surface area contributed by atoms with E-state index in [-0.39, 0.29) is 0 Å². The van der Waals surface area contributed by atoms with Crippen LogP contribution in [0.25, 0.3) is 0 Å². The van der Waals surface area contributed by atoms with Gasteiger partial charge in [0.05, 0.1) is 0 Å². The van der Waals surface area contributed by atoms with E-state index in [1.54, 1.807) is 11.3 Å². The van der Waals surface area contributed by atoms with E-state index in [2.05, 4.69) is 5.73 Å². The Morgan fingerprint density at radius 3 is 2.58 bits per heavy atom. The second-order valence-electron chi connectivity index (χ2n) is 2.74. The molecule has 0 spiro atoms. The van der Waals surface area contributed by atoms with Crippen molar-refractivity contribution in [3.05, 3.63) is 21.4 Å². The fraction of sp³-hybridized carbons (Fsp3) is 0.375. The van der Waals surface area contributed by atoms with Crippen LogP contribution in [0, 0.1) is 13.8 Å². The van der Waals surface area contributed by atoms with Crippen molar-refractivity contribution >= 4 is 17.3 Å². The Morgan fingerprint density at radius 2 is 2.25 bits per heavy atom. The van der Waals surface area contributed by atoms with Gasteiger partial charge in [-0.25, -0.2) is 0 Å². The number of carbonyl (C=O) groups excluding carboxylic acids is 1. The van der Waals surface area contributed by atoms with E-state index in [1.807, 2.05) is 19.9 Å². The van der Waals surface area contributed by atoms with Crippen molar-refractivity contribution in [1.82, 2.24) is 0 Å². The van der Waals surface area contributed by atoms with Crippen LogP contribution in [0.15, 0.2) is 6.07 Å². The van der Waals surface area contributed by atoms with Crippen molar-refractivity contribution < 1.29 is 15.6 Å². The van der Waals surface area contributed by atoms with E-state index < -0.39 is 12.0 Å². The molecule has 0 radical (unpaired) electrons. The summed E-state index contributed by atoms with van der Waals surface area (Å²) in [4.78, 5) is 12.6. The largest absolute Gasteiger partial charge is 0.544 e. The minimum atomic E-state index is -1.11. The van der Waals surface area contributed by atoms with Gasteiger partial charge in [-0.1, -0.05) is 0 Å². The molecule has 3 N–H and O–H groups in total. The summed E-state index contributed by atoms with van der Waals surface area (Å²) in [6.07, 6.45) is 0. The van der Waals surface area contributed by atoms with Crippen LogP contribution >= 0.6 is 11.3 Å². The van der Waals surface area contributed by atoms with Crippen LogP contribution in [-0.2, 0) is 4.79 Å². The molecule has 66 valence electrons. The average Bonchev–Trinajstić information content (AvgIpc) is 2.28. The summed E-state index contributed by atoms with van der Waals surface area (Å²) in [5, 5.41) is 10.5. The third-order valence-corrected chi connectivity index (χ3v) is 2.72. The Hall–Kier alpha value is -0.870. The van der Waals surface area contributed by atoms with Crippen LogP contribution in [0.2, 0.25) is 0 Å². The molecule has 0 fully saturated rings. The predicted octanol–water partition coefficient (Wildman–Crippen LogP) is -0.602. The smallest absolute Gasteiger partial charge is 0.151 e. The van der Waals surface area contributed by atoms with Gasteiger partial charge in [0, 0.05) is 15.3 Å². The van der Waals surface area contributed by atoms with Crippen LogP contribution < -0.4 is 10.8 Å². The maximum absolute atomic E-state index is 10.5. The number of quaternary nitrogens is 1. The van der Waals surface area contributed by atoms with E-state index in [0.29, 0.717) is 0 Å². The Bertz CT molecular complexity index is 306. The van der Waals surface area contributed by atoms with Gasteiger partial charge >= 0.3 is 0 Å². The summed E-state index contributed by atoms with van der Waals surface area (Å²) < 4.78 is 0. The summed E-state index contributed by atoms with van der Waals surface area (Å²) in [6, 6.07) is 1.11. The van der Waals surface area contributed by atoms with Gasteiger partial charge in [0.2, 0.25) is 0 Å². The van der Waals surface area contributed by atoms with Gasteiger partial charge in [-0.3, -0.25) is 0 Å². The van der Waals surface area contributed by atoms with Crippen LogP contribution in [0.3, 0.4) is 0 Å². The number of hydrogen-bond donors (Lipinski definition) is 1. The number of carboxylic acids is 1. The molecule has 4 heteroatoms. The van der Waals surface area contributed by atoms with Crippen LogP contribution in [0.4, 0.5) is 0 Å². The fourth-order valence-corrected chi connectivity index (χ4v) is 2.11. The first-order valence-electron chi connectivity index (χ1n) is 3.63. The van der Waals surface area contributed by atoms with Gasteiger partial charge < -0.3 is 15.6 Å². The lowest BCUT2D eigenvalue weighted by Gasteiger charge is -2.07. The molecule has 0 bridgehead atoms. The topological polar surface area (TPSA) is 67.8 Å². The lowest BCUT2D eigenvalue weighted by Crippen LogP contribution is -2.61. The minimum Gasteiger partial charge on any atom is -0.544 e. The molecule has 1 atom stereocenters. The monoisotopic (exact) mass is 185 g/mol. The Morgan fingerprint density at radius 1 is 1.67 bits per heavy atom. The summed E-state index contributed by atoms with van der Waals surface area (Å²) in [5.74, 6) is -1.11. The summed E-state index contributed by atoms with van der Waals surface area (Å²) in [7, 11) is 0. The zero-order valence-corrected chi connectivity index (χ0v) is 7.90. The highest BCUT2D eigenvalue weighted by Crippen LogP contribution is 2.23. The second kappa shape index (κ2) is 3.25. The summed E-state index contributed by atoms with van der Waals surface area (Å²) >= 11 is 1.58. The first kappa shape index (κ1) is 9.22. The number of carbonyl (C=O) groups is 1. The number of rotatable bonds is 2. The fourth-order valence-electron chi connectivity index (χ4n) is 1.12. The number of carboxylic acid groups (broad SMARTS) is 1. The van der Waals surface area contributed by atoms with Crippen molar-refractivity contribution in [2.45, 2.75) is 19.9 Å². The number of aliphatic carboxylic acids is 1. The molecule has 0 aliphatic heterocycles. The standard InChI is InChI=1S/C8H11NO2S/c1-4-3-6(5(2)12-4)7(9)8(10)11/h3,7H,9H2,1-2H3,(H,10,11)/t7-/m1/s1. The second-order valence-corrected chi connectivity index (χ2v) is 4.20. The van der Waals surface area contributed by atoms with E-state index in [0.717, 1.165) is 15.3 Å². The Labute approximate surface area is 74.8 Å². The number of hydrogen-bond acceptors (Lipinski definition) is 3. The lowest BCUT2D eigenvalue weighted by atomic mass is 10.1. The van der Waals surface area contributed by atoms with E-state index in [1.165, 1.54) is 0 Å². The normalized spacial score (nSPS) is 12.9. The minimum absolute atomic E-state index is 0.741. The van der Waals surface area contributed by atoms with Crippen molar-refractivity contribution in [2.75, 3.05) is 0 Å². The van der Waals surface area contributed by atoms with Crippen molar-refractivity contribution in [3.8, 4) is 0 Å². The molecule has 0 aliphatic carbocycles. The summed E-state index contributed by atoms with van der Waals surface area (Å²) in [5.41, 5.74) is 4.30. The number of aryl methyl sites for hydroxylation is 2. The van der Waals surface area contributed by atoms with Crippen LogP contribution in [-0.4, -0.2) is 5.97 Å². The SMILES string of the molecule is Cc1cc([C@@H]([NH3+])C(=O)[O-])c(C)s1. The molecule has 0 aromatic carbocycles. The van der Waals surface area contributed by atoms with E-state index in [4.69, 9.17) is 0 Å². The molecular formula is C8H11NO2S. The molecule has 0 amide bonds. The highest BCUT2D eigenvalue weighted by atomic mass is 32.1. The third-order valence-electron chi connectivity index (χ3n) is 1.74. The molecule has 0 unspecified atom stereocenters. The molecule has 12 heavy (non-hydrogen) atoms. The molecule has 1 aromatic heterocycles. The zero-order chi connectivity index (χ0) is 9.30. The Balaban J connectivity index is 3.02. The quantitative estimate of drug-likeness (QED) is 0.668. The van der Waals surface area contributed by atoms with Gasteiger partial charge in [-0.15, -0.1) is 11.3 Å². The van der Waals surface area contributed by atoms with Gasteiger partial charge in [-0.2, -0.15) is 0 Å². The maximum Gasteiger partial charge on any atom is 0.151 e. The third kappa shape index (κ3) is 1.65. The highest BCUT2D eigenvalue weighted by molar-refractivity contribution is 7.12. The van der Waals surface area contributed by atoms with Crippen molar-refractivity contribution in [3.63, 3.8) is 0 Å². The van der Waals surface area contributed by atoms with Crippen LogP contribution in [0.1, 0.15) is 21.4 Å². The van der Waals surface area contributed by atoms with E-state index >= 15 is 0 Å². The molecule has 3 nitrogen and oxygen atoms in total. The first-order chi connectivity index (χ1) is 5.52. The van der Waals surface area contributed by atoms with Gasteiger partial charge in [0.25, 0.3) is 0 Å². The molecule has 0 saturated heterocycles. The maximum atomic E-state index is 10.5. The van der Waals surface area contributed by atoms with Crippen LogP contribution in [0.5, 0.6) is 0 Å². The molecule has 0 aliphatic rings. The molecule has 1 heterocycles. The molecule has 1 aromatic rings. The zero-order valence-electron chi connectivity index (χ0n) is 7.09. The van der Waals surface area contributed by atoms with Crippen molar-refractivity contribution in [1.29, 1.82) is 0 Å².